The molecular formula is C16H21FN2O. The summed E-state index contributed by atoms with van der Waals surface area (Å²) in [5.74, 6) is 0.360. The van der Waals surface area contributed by atoms with Crippen LogP contribution in [0.2, 0.25) is 0 Å². The van der Waals surface area contributed by atoms with Gasteiger partial charge in [-0.1, -0.05) is 12.1 Å². The maximum absolute atomic E-state index is 13.0. The van der Waals surface area contributed by atoms with Crippen molar-refractivity contribution in [2.24, 2.45) is 0 Å². The largest absolute Gasteiger partial charge is 0.338 e. The molecule has 0 saturated carbocycles. The van der Waals surface area contributed by atoms with Gasteiger partial charge in [-0.2, -0.15) is 0 Å². The Bertz CT molecular complexity index is 482. The molecule has 2 aliphatic heterocycles. The number of halogens is 1. The minimum Gasteiger partial charge on any atom is -0.338 e. The van der Waals surface area contributed by atoms with Crippen molar-refractivity contribution in [1.82, 2.24) is 10.2 Å². The Morgan fingerprint density at radius 3 is 2.75 bits per heavy atom. The Morgan fingerprint density at radius 2 is 2.10 bits per heavy atom. The van der Waals surface area contributed by atoms with E-state index >= 15 is 0 Å². The van der Waals surface area contributed by atoms with Crippen LogP contribution in [-0.2, 0) is 4.79 Å². The molecule has 2 fully saturated rings. The zero-order valence-corrected chi connectivity index (χ0v) is 11.8. The van der Waals surface area contributed by atoms with Crippen molar-refractivity contribution < 1.29 is 9.18 Å². The first-order valence-corrected chi connectivity index (χ1v) is 7.44. The van der Waals surface area contributed by atoms with Crippen molar-refractivity contribution >= 4 is 5.91 Å². The van der Waals surface area contributed by atoms with Crippen LogP contribution >= 0.6 is 0 Å². The van der Waals surface area contributed by atoms with Gasteiger partial charge >= 0.3 is 0 Å². The molecule has 0 radical (unpaired) electrons. The number of hydrogen-bond donors (Lipinski definition) is 1. The Morgan fingerprint density at radius 1 is 1.35 bits per heavy atom. The van der Waals surface area contributed by atoms with Gasteiger partial charge in [0.05, 0.1) is 6.04 Å². The predicted octanol–water partition coefficient (Wildman–Crippen LogP) is 2.28. The Hall–Kier alpha value is -1.42. The van der Waals surface area contributed by atoms with Gasteiger partial charge in [-0.25, -0.2) is 4.39 Å². The van der Waals surface area contributed by atoms with Crippen molar-refractivity contribution in [2.45, 2.75) is 44.2 Å². The molecule has 1 amide bonds. The van der Waals surface area contributed by atoms with Gasteiger partial charge in [0.15, 0.2) is 0 Å². The van der Waals surface area contributed by atoms with E-state index in [4.69, 9.17) is 0 Å². The lowest BCUT2D eigenvalue weighted by Gasteiger charge is -2.25. The first-order valence-electron chi connectivity index (χ1n) is 7.44. The first-order chi connectivity index (χ1) is 9.65. The summed E-state index contributed by atoms with van der Waals surface area (Å²) in [6, 6.07) is 6.96. The topological polar surface area (TPSA) is 32.3 Å². The molecular weight excluding hydrogens is 255 g/mol. The minimum atomic E-state index is -0.206. The molecule has 2 aliphatic rings. The van der Waals surface area contributed by atoms with E-state index in [1.807, 2.05) is 17.0 Å². The van der Waals surface area contributed by atoms with Gasteiger partial charge in [0.1, 0.15) is 5.82 Å². The third kappa shape index (κ3) is 2.57. The molecule has 108 valence electrons. The zero-order valence-electron chi connectivity index (χ0n) is 11.8. The van der Waals surface area contributed by atoms with Crippen molar-refractivity contribution in [1.29, 1.82) is 0 Å². The SMILES string of the molecule is C[C@H]1C[C@H](c2ccc(F)cc2)CN1C(=O)[C@@H]1CCCN1. The van der Waals surface area contributed by atoms with Crippen LogP contribution in [0, 0.1) is 5.82 Å². The van der Waals surface area contributed by atoms with E-state index in [1.54, 1.807) is 0 Å². The van der Waals surface area contributed by atoms with Crippen LogP contribution in [0.3, 0.4) is 0 Å². The third-order valence-electron chi connectivity index (χ3n) is 4.56. The number of rotatable bonds is 2. The summed E-state index contributed by atoms with van der Waals surface area (Å²) in [4.78, 5) is 14.5. The quantitative estimate of drug-likeness (QED) is 0.899. The van der Waals surface area contributed by atoms with Crippen LogP contribution in [0.4, 0.5) is 4.39 Å². The van der Waals surface area contributed by atoms with E-state index < -0.39 is 0 Å². The normalized spacial score (nSPS) is 29.9. The van der Waals surface area contributed by atoms with Crippen LogP contribution in [0.15, 0.2) is 24.3 Å². The average molecular weight is 276 g/mol. The molecule has 0 spiro atoms. The molecule has 3 rings (SSSR count). The lowest BCUT2D eigenvalue weighted by atomic mass is 9.97. The summed E-state index contributed by atoms with van der Waals surface area (Å²) < 4.78 is 13.0. The predicted molar refractivity (Wildman–Crippen MR) is 76.0 cm³/mol. The van der Waals surface area contributed by atoms with E-state index in [0.717, 1.165) is 37.9 Å². The fraction of sp³-hybridized carbons (Fsp3) is 0.562. The number of nitrogens with one attached hydrogen (secondary N) is 1. The highest BCUT2D eigenvalue weighted by molar-refractivity contribution is 5.82. The Balaban J connectivity index is 1.69. The van der Waals surface area contributed by atoms with Crippen LogP contribution in [0.5, 0.6) is 0 Å². The van der Waals surface area contributed by atoms with E-state index in [-0.39, 0.29) is 23.8 Å². The maximum atomic E-state index is 13.0. The van der Waals surface area contributed by atoms with Crippen molar-refractivity contribution in [2.75, 3.05) is 13.1 Å². The summed E-state index contributed by atoms with van der Waals surface area (Å²) in [5.41, 5.74) is 1.13. The monoisotopic (exact) mass is 276 g/mol. The van der Waals surface area contributed by atoms with Crippen LogP contribution in [-0.4, -0.2) is 36.0 Å². The molecule has 1 N–H and O–H groups in total. The second-order valence-electron chi connectivity index (χ2n) is 5.97. The molecule has 0 unspecified atom stereocenters. The smallest absolute Gasteiger partial charge is 0.239 e. The summed E-state index contributed by atoms with van der Waals surface area (Å²) in [5, 5.41) is 3.28. The fourth-order valence-corrected chi connectivity index (χ4v) is 3.41. The number of carbonyl (C=O) groups excluding carboxylic acids is 1. The van der Waals surface area contributed by atoms with Gasteiger partial charge in [0, 0.05) is 18.5 Å². The lowest BCUT2D eigenvalue weighted by molar-refractivity contribution is -0.133. The maximum Gasteiger partial charge on any atom is 0.239 e. The van der Waals surface area contributed by atoms with Gasteiger partial charge in [0.2, 0.25) is 5.91 Å². The first kappa shape index (κ1) is 13.6. The molecule has 0 aromatic heterocycles. The molecule has 2 heterocycles. The van der Waals surface area contributed by atoms with Gasteiger partial charge in [-0.3, -0.25) is 4.79 Å². The molecule has 3 atom stereocenters. The lowest BCUT2D eigenvalue weighted by Crippen LogP contribution is -2.45. The van der Waals surface area contributed by atoms with Gasteiger partial charge in [-0.05, 0) is 50.4 Å². The van der Waals surface area contributed by atoms with E-state index in [1.165, 1.54) is 12.1 Å². The minimum absolute atomic E-state index is 0.00409. The van der Waals surface area contributed by atoms with E-state index in [2.05, 4.69) is 12.2 Å². The molecule has 0 aliphatic carbocycles. The molecule has 3 nitrogen and oxygen atoms in total. The highest BCUT2D eigenvalue weighted by atomic mass is 19.1. The number of amides is 1. The summed E-state index contributed by atoms with van der Waals surface area (Å²) in [6.07, 6.45) is 2.99. The molecule has 1 aromatic carbocycles. The molecule has 0 bridgehead atoms. The summed E-state index contributed by atoms with van der Waals surface area (Å²) in [6.45, 7) is 3.81. The van der Waals surface area contributed by atoms with Crippen molar-refractivity contribution in [3.63, 3.8) is 0 Å². The molecule has 2 saturated heterocycles. The second kappa shape index (κ2) is 5.52. The number of hydrogen-bond acceptors (Lipinski definition) is 2. The Labute approximate surface area is 119 Å². The van der Waals surface area contributed by atoms with Gasteiger partial charge < -0.3 is 10.2 Å². The molecule has 1 aromatic rings. The summed E-state index contributed by atoms with van der Waals surface area (Å²) in [7, 11) is 0. The van der Waals surface area contributed by atoms with E-state index in [0.29, 0.717) is 5.92 Å². The number of carbonyl (C=O) groups is 1. The summed E-state index contributed by atoms with van der Waals surface area (Å²) >= 11 is 0. The molecule has 20 heavy (non-hydrogen) atoms. The third-order valence-corrected chi connectivity index (χ3v) is 4.56. The zero-order chi connectivity index (χ0) is 14.1. The highest BCUT2D eigenvalue weighted by Crippen LogP contribution is 2.32. The highest BCUT2D eigenvalue weighted by Gasteiger charge is 2.36. The number of nitrogens with zero attached hydrogens (tertiary/aromatic N) is 1. The van der Waals surface area contributed by atoms with Crippen LogP contribution < -0.4 is 5.32 Å². The van der Waals surface area contributed by atoms with Crippen molar-refractivity contribution in [3.8, 4) is 0 Å². The second-order valence-corrected chi connectivity index (χ2v) is 5.97. The average Bonchev–Trinajstić information content (AvgIpc) is 3.08. The van der Waals surface area contributed by atoms with Crippen LogP contribution in [0.25, 0.3) is 0 Å². The molecule has 4 heteroatoms. The van der Waals surface area contributed by atoms with E-state index in [9.17, 15) is 9.18 Å². The van der Waals surface area contributed by atoms with Gasteiger partial charge in [0.25, 0.3) is 0 Å². The number of benzene rings is 1. The number of likely N-dealkylation sites (tertiary alicyclic amines) is 1. The van der Waals surface area contributed by atoms with Crippen LogP contribution in [0.1, 0.15) is 37.7 Å². The van der Waals surface area contributed by atoms with Gasteiger partial charge in [-0.15, -0.1) is 0 Å². The standard InChI is InChI=1S/C16H21FN2O/c1-11-9-13(12-4-6-14(17)7-5-12)10-19(11)16(20)15-3-2-8-18-15/h4-7,11,13,15,18H,2-3,8-10H2,1H3/t11-,13-,15-/m0/s1. The fourth-order valence-electron chi connectivity index (χ4n) is 3.41. The van der Waals surface area contributed by atoms with Crippen molar-refractivity contribution in [3.05, 3.63) is 35.6 Å². The Kier molecular flexibility index (Phi) is 3.74.